The Labute approximate surface area is 175 Å². The Morgan fingerprint density at radius 3 is 2.41 bits per heavy atom. The van der Waals surface area contributed by atoms with Gasteiger partial charge in [-0.2, -0.15) is 0 Å². The van der Waals surface area contributed by atoms with Crippen molar-refractivity contribution in [3.63, 3.8) is 0 Å². The van der Waals surface area contributed by atoms with Gasteiger partial charge in [-0.1, -0.05) is 41.9 Å². The Hall–Kier alpha value is -2.57. The molecule has 0 saturated heterocycles. The van der Waals surface area contributed by atoms with Gasteiger partial charge in [-0.05, 0) is 61.7 Å². The molecule has 0 fully saturated rings. The standard InChI is InChI=1S/C22H22ClNO4S/c1-16(7-8-17-5-3-2-4-6-17)24-22(25)21-14-11-19(28-21)15-29(26,27)20-12-9-18(23)10-13-20/h2-6,9-14,16H,7-8,15H2,1H3,(H,24,25). The van der Waals surface area contributed by atoms with Crippen LogP contribution in [0.4, 0.5) is 0 Å². The zero-order chi connectivity index (χ0) is 20.9. The van der Waals surface area contributed by atoms with Crippen LogP contribution < -0.4 is 5.32 Å². The second-order valence-corrected chi connectivity index (χ2v) is 9.30. The van der Waals surface area contributed by atoms with Crippen molar-refractivity contribution in [2.75, 3.05) is 0 Å². The van der Waals surface area contributed by atoms with Crippen LogP contribution in [0.1, 0.15) is 35.2 Å². The number of hydrogen-bond donors (Lipinski definition) is 1. The van der Waals surface area contributed by atoms with Crippen LogP contribution in [0.2, 0.25) is 5.02 Å². The van der Waals surface area contributed by atoms with Gasteiger partial charge in [0, 0.05) is 11.1 Å². The first kappa shape index (κ1) is 21.1. The van der Waals surface area contributed by atoms with Gasteiger partial charge in [0.2, 0.25) is 0 Å². The molecule has 29 heavy (non-hydrogen) atoms. The van der Waals surface area contributed by atoms with Crippen LogP contribution in [0.15, 0.2) is 76.0 Å². The summed E-state index contributed by atoms with van der Waals surface area (Å²) in [5, 5.41) is 3.34. The van der Waals surface area contributed by atoms with E-state index in [4.69, 9.17) is 16.0 Å². The number of nitrogens with one attached hydrogen (secondary N) is 1. The Balaban J connectivity index is 1.57. The minimum atomic E-state index is -3.59. The van der Waals surface area contributed by atoms with Crippen LogP contribution in [0.3, 0.4) is 0 Å². The lowest BCUT2D eigenvalue weighted by Crippen LogP contribution is -2.32. The molecule has 1 amide bonds. The van der Waals surface area contributed by atoms with Gasteiger partial charge in [0.1, 0.15) is 11.5 Å². The SMILES string of the molecule is CC(CCc1ccccc1)NC(=O)c1ccc(CS(=O)(=O)c2ccc(Cl)cc2)o1. The summed E-state index contributed by atoms with van der Waals surface area (Å²) < 4.78 is 30.4. The molecular weight excluding hydrogens is 410 g/mol. The van der Waals surface area contributed by atoms with Gasteiger partial charge in [-0.3, -0.25) is 4.79 Å². The van der Waals surface area contributed by atoms with Crippen molar-refractivity contribution in [3.8, 4) is 0 Å². The fourth-order valence-corrected chi connectivity index (χ4v) is 4.26. The van der Waals surface area contributed by atoms with Crippen LogP contribution in [-0.4, -0.2) is 20.4 Å². The van der Waals surface area contributed by atoms with E-state index < -0.39 is 9.84 Å². The molecule has 0 aliphatic carbocycles. The van der Waals surface area contributed by atoms with Gasteiger partial charge in [-0.15, -0.1) is 0 Å². The van der Waals surface area contributed by atoms with Crippen LogP contribution >= 0.6 is 11.6 Å². The molecule has 0 bridgehead atoms. The van der Waals surface area contributed by atoms with Gasteiger partial charge in [0.05, 0.1) is 4.90 Å². The van der Waals surface area contributed by atoms with Crippen LogP contribution in [-0.2, 0) is 22.0 Å². The summed E-state index contributed by atoms with van der Waals surface area (Å²) in [4.78, 5) is 12.5. The number of aryl methyl sites for hydroxylation is 1. The summed E-state index contributed by atoms with van der Waals surface area (Å²) in [6.45, 7) is 1.93. The number of benzene rings is 2. The number of rotatable bonds is 8. The third kappa shape index (κ3) is 5.95. The summed E-state index contributed by atoms with van der Waals surface area (Å²) >= 11 is 5.80. The molecule has 1 aromatic heterocycles. The number of amides is 1. The molecule has 152 valence electrons. The van der Waals surface area contributed by atoms with Gasteiger partial charge in [0.25, 0.3) is 5.91 Å². The lowest BCUT2D eigenvalue weighted by Gasteiger charge is -2.12. The Bertz CT molecular complexity index is 1060. The van der Waals surface area contributed by atoms with E-state index in [1.807, 2.05) is 25.1 Å². The number of sulfone groups is 1. The average molecular weight is 432 g/mol. The van der Waals surface area contributed by atoms with Crippen molar-refractivity contribution in [1.82, 2.24) is 5.32 Å². The molecule has 0 radical (unpaired) electrons. The average Bonchev–Trinajstić information content (AvgIpc) is 3.15. The largest absolute Gasteiger partial charge is 0.455 e. The van der Waals surface area contributed by atoms with Crippen LogP contribution in [0.5, 0.6) is 0 Å². The van der Waals surface area contributed by atoms with E-state index in [2.05, 4.69) is 17.4 Å². The molecule has 1 unspecified atom stereocenters. The highest BCUT2D eigenvalue weighted by atomic mass is 35.5. The fourth-order valence-electron chi connectivity index (χ4n) is 2.89. The lowest BCUT2D eigenvalue weighted by molar-refractivity contribution is 0.0909. The quantitative estimate of drug-likeness (QED) is 0.562. The predicted octanol–water partition coefficient (Wildman–Crippen LogP) is 4.66. The third-order valence-electron chi connectivity index (χ3n) is 4.48. The van der Waals surface area contributed by atoms with Crippen molar-refractivity contribution in [2.24, 2.45) is 0 Å². The topological polar surface area (TPSA) is 76.4 Å². The molecule has 1 heterocycles. The summed E-state index contributed by atoms with van der Waals surface area (Å²) in [5.74, 6) is -0.383. The molecule has 3 rings (SSSR count). The normalized spacial score (nSPS) is 12.5. The second-order valence-electron chi connectivity index (χ2n) is 6.88. The second kappa shape index (κ2) is 9.29. The highest BCUT2D eigenvalue weighted by Crippen LogP contribution is 2.20. The van der Waals surface area contributed by atoms with Crippen LogP contribution in [0.25, 0.3) is 0 Å². The Kier molecular flexibility index (Phi) is 6.77. The number of carbonyl (C=O) groups excluding carboxylic acids is 1. The molecule has 7 heteroatoms. The van der Waals surface area contributed by atoms with Gasteiger partial charge < -0.3 is 9.73 Å². The first-order chi connectivity index (χ1) is 13.8. The first-order valence-electron chi connectivity index (χ1n) is 9.25. The van der Waals surface area contributed by atoms with Crippen molar-refractivity contribution in [3.05, 3.63) is 88.8 Å². The summed E-state index contributed by atoms with van der Waals surface area (Å²) in [5.41, 5.74) is 1.21. The van der Waals surface area contributed by atoms with E-state index >= 15 is 0 Å². The van der Waals surface area contributed by atoms with E-state index in [-0.39, 0.29) is 34.1 Å². The zero-order valence-electron chi connectivity index (χ0n) is 16.0. The molecule has 0 saturated carbocycles. The number of carbonyl (C=O) groups is 1. The summed E-state index contributed by atoms with van der Waals surface area (Å²) in [6, 6.07) is 18.9. The Morgan fingerprint density at radius 1 is 1.03 bits per heavy atom. The van der Waals surface area contributed by atoms with Crippen LogP contribution in [0, 0.1) is 0 Å². The minimum Gasteiger partial charge on any atom is -0.455 e. The fraction of sp³-hybridized carbons (Fsp3) is 0.227. The van der Waals surface area contributed by atoms with E-state index in [0.717, 1.165) is 12.8 Å². The molecule has 1 atom stereocenters. The maximum absolute atomic E-state index is 12.5. The molecule has 5 nitrogen and oxygen atoms in total. The van der Waals surface area contributed by atoms with Gasteiger partial charge in [-0.25, -0.2) is 8.42 Å². The van der Waals surface area contributed by atoms with E-state index in [0.29, 0.717) is 5.02 Å². The molecule has 0 spiro atoms. The zero-order valence-corrected chi connectivity index (χ0v) is 17.5. The molecule has 2 aromatic carbocycles. The number of halogens is 1. The van der Waals surface area contributed by atoms with E-state index in [9.17, 15) is 13.2 Å². The third-order valence-corrected chi connectivity index (χ3v) is 6.38. The first-order valence-corrected chi connectivity index (χ1v) is 11.3. The van der Waals surface area contributed by atoms with Gasteiger partial charge in [0.15, 0.2) is 15.6 Å². The predicted molar refractivity (Wildman–Crippen MR) is 113 cm³/mol. The molecule has 3 aromatic rings. The maximum Gasteiger partial charge on any atom is 0.287 e. The van der Waals surface area contributed by atoms with E-state index in [1.165, 1.54) is 42.0 Å². The summed E-state index contributed by atoms with van der Waals surface area (Å²) in [7, 11) is -3.59. The van der Waals surface area contributed by atoms with Crippen molar-refractivity contribution in [1.29, 1.82) is 0 Å². The highest BCUT2D eigenvalue weighted by Gasteiger charge is 2.20. The molecule has 0 aliphatic heterocycles. The lowest BCUT2D eigenvalue weighted by atomic mass is 10.1. The highest BCUT2D eigenvalue weighted by molar-refractivity contribution is 7.90. The van der Waals surface area contributed by atoms with Crippen molar-refractivity contribution in [2.45, 2.75) is 36.5 Å². The number of hydrogen-bond acceptors (Lipinski definition) is 4. The van der Waals surface area contributed by atoms with E-state index in [1.54, 1.807) is 0 Å². The van der Waals surface area contributed by atoms with Crippen molar-refractivity contribution < 1.29 is 17.6 Å². The Morgan fingerprint density at radius 2 is 1.72 bits per heavy atom. The number of furan rings is 1. The maximum atomic E-state index is 12.5. The molecular formula is C22H22ClNO4S. The monoisotopic (exact) mass is 431 g/mol. The minimum absolute atomic E-state index is 0.0472. The molecule has 1 N–H and O–H groups in total. The van der Waals surface area contributed by atoms with Crippen molar-refractivity contribution >= 4 is 27.3 Å². The smallest absolute Gasteiger partial charge is 0.287 e. The summed E-state index contributed by atoms with van der Waals surface area (Å²) in [6.07, 6.45) is 1.64. The van der Waals surface area contributed by atoms with Gasteiger partial charge >= 0.3 is 0 Å². The molecule has 0 aliphatic rings.